The van der Waals surface area contributed by atoms with E-state index >= 15 is 0 Å². The Morgan fingerprint density at radius 1 is 1.32 bits per heavy atom. The number of anilines is 1. The minimum atomic E-state index is 0.144. The molecule has 19 heavy (non-hydrogen) atoms. The highest BCUT2D eigenvalue weighted by atomic mass is 16.2. The van der Waals surface area contributed by atoms with Gasteiger partial charge in [-0.25, -0.2) is 0 Å². The summed E-state index contributed by atoms with van der Waals surface area (Å²) in [5, 5.41) is 0. The first-order chi connectivity index (χ1) is 8.95. The first-order valence-electron chi connectivity index (χ1n) is 6.98. The van der Waals surface area contributed by atoms with E-state index in [2.05, 4.69) is 13.8 Å². The van der Waals surface area contributed by atoms with E-state index in [1.807, 2.05) is 38.2 Å². The van der Waals surface area contributed by atoms with Crippen LogP contribution in [0.2, 0.25) is 0 Å². The average Bonchev–Trinajstić information content (AvgIpc) is 2.37. The van der Waals surface area contributed by atoms with Crippen molar-refractivity contribution >= 4 is 11.6 Å². The molecule has 0 unspecified atom stereocenters. The molecule has 0 radical (unpaired) electrons. The summed E-state index contributed by atoms with van der Waals surface area (Å²) >= 11 is 0. The van der Waals surface area contributed by atoms with Crippen LogP contribution in [0.4, 0.5) is 5.69 Å². The van der Waals surface area contributed by atoms with Crippen molar-refractivity contribution in [2.24, 2.45) is 17.6 Å². The highest BCUT2D eigenvalue weighted by molar-refractivity contribution is 5.93. The maximum Gasteiger partial charge on any atom is 0.227 e. The number of benzene rings is 1. The number of amides is 1. The van der Waals surface area contributed by atoms with Crippen molar-refractivity contribution in [3.8, 4) is 0 Å². The molecule has 1 aromatic carbocycles. The van der Waals surface area contributed by atoms with Gasteiger partial charge in [0.25, 0.3) is 0 Å². The van der Waals surface area contributed by atoms with Crippen LogP contribution in [-0.2, 0) is 4.79 Å². The molecular formula is C16H26N2O. The smallest absolute Gasteiger partial charge is 0.227 e. The van der Waals surface area contributed by atoms with Crippen LogP contribution < -0.4 is 10.6 Å². The van der Waals surface area contributed by atoms with Gasteiger partial charge in [0.2, 0.25) is 5.91 Å². The lowest BCUT2D eigenvalue weighted by Gasteiger charge is -2.23. The number of nitrogens with zero attached hydrogens (tertiary/aromatic N) is 1. The van der Waals surface area contributed by atoms with Crippen LogP contribution in [-0.4, -0.2) is 19.5 Å². The van der Waals surface area contributed by atoms with Crippen LogP contribution in [0.15, 0.2) is 24.3 Å². The number of rotatable bonds is 6. The lowest BCUT2D eigenvalue weighted by molar-refractivity contribution is -0.119. The molecule has 0 heterocycles. The maximum atomic E-state index is 12.3. The summed E-state index contributed by atoms with van der Waals surface area (Å²) in [6.45, 7) is 6.93. The minimum absolute atomic E-state index is 0.144. The second-order valence-corrected chi connectivity index (χ2v) is 5.67. The summed E-state index contributed by atoms with van der Waals surface area (Å²) < 4.78 is 0. The molecular weight excluding hydrogens is 236 g/mol. The van der Waals surface area contributed by atoms with Gasteiger partial charge in [-0.1, -0.05) is 32.0 Å². The predicted molar refractivity (Wildman–Crippen MR) is 81.2 cm³/mol. The molecule has 0 aromatic heterocycles. The maximum absolute atomic E-state index is 12.3. The summed E-state index contributed by atoms with van der Waals surface area (Å²) in [5.41, 5.74) is 7.86. The third-order valence-corrected chi connectivity index (χ3v) is 3.45. The van der Waals surface area contributed by atoms with Crippen LogP contribution in [0.1, 0.15) is 32.3 Å². The van der Waals surface area contributed by atoms with Crippen LogP contribution >= 0.6 is 0 Å². The van der Waals surface area contributed by atoms with E-state index < -0.39 is 0 Å². The molecule has 1 aromatic rings. The van der Waals surface area contributed by atoms with Crippen molar-refractivity contribution in [1.82, 2.24) is 0 Å². The first-order valence-corrected chi connectivity index (χ1v) is 6.98. The zero-order valence-corrected chi connectivity index (χ0v) is 12.5. The Hall–Kier alpha value is -1.35. The van der Waals surface area contributed by atoms with Gasteiger partial charge in [-0.15, -0.1) is 0 Å². The number of carbonyl (C=O) groups excluding carboxylic acids is 1. The number of hydrogen-bond acceptors (Lipinski definition) is 2. The second kappa shape index (κ2) is 7.29. The Morgan fingerprint density at radius 2 is 1.95 bits per heavy atom. The molecule has 1 rings (SSSR count). The largest absolute Gasteiger partial charge is 0.330 e. The predicted octanol–water partition coefficient (Wildman–Crippen LogP) is 2.97. The zero-order chi connectivity index (χ0) is 14.4. The standard InChI is InChI=1S/C16H26N2O/c1-12(2)9-14(11-17)10-16(19)18(4)15-8-6-5-7-13(15)3/h5-8,12,14H,9-11,17H2,1-4H3/t14-/m0/s1. The van der Waals surface area contributed by atoms with Gasteiger partial charge in [0.1, 0.15) is 0 Å². The molecule has 0 fully saturated rings. The van der Waals surface area contributed by atoms with E-state index in [9.17, 15) is 4.79 Å². The van der Waals surface area contributed by atoms with E-state index in [4.69, 9.17) is 5.73 Å². The fraction of sp³-hybridized carbons (Fsp3) is 0.562. The third-order valence-electron chi connectivity index (χ3n) is 3.45. The van der Waals surface area contributed by atoms with E-state index in [1.54, 1.807) is 4.90 Å². The summed E-state index contributed by atoms with van der Waals surface area (Å²) in [6.07, 6.45) is 1.53. The first kappa shape index (κ1) is 15.7. The Bertz CT molecular complexity index is 415. The Kier molecular flexibility index (Phi) is 6.03. The molecule has 2 N–H and O–H groups in total. The highest BCUT2D eigenvalue weighted by Gasteiger charge is 2.18. The number of nitrogens with two attached hydrogens (primary N) is 1. The Labute approximate surface area is 116 Å². The molecule has 0 bridgehead atoms. The number of aryl methyl sites for hydroxylation is 1. The summed E-state index contributed by atoms with van der Waals surface area (Å²) in [7, 11) is 1.84. The fourth-order valence-corrected chi connectivity index (χ4v) is 2.39. The van der Waals surface area contributed by atoms with Gasteiger partial charge in [0.15, 0.2) is 0 Å². The topological polar surface area (TPSA) is 46.3 Å². The van der Waals surface area contributed by atoms with Gasteiger partial charge in [0, 0.05) is 19.2 Å². The molecule has 0 saturated heterocycles. The van der Waals surface area contributed by atoms with E-state index in [0.29, 0.717) is 18.9 Å². The van der Waals surface area contributed by atoms with Crippen LogP contribution in [0.25, 0.3) is 0 Å². The fourth-order valence-electron chi connectivity index (χ4n) is 2.39. The van der Waals surface area contributed by atoms with Crippen molar-refractivity contribution < 1.29 is 4.79 Å². The van der Waals surface area contributed by atoms with Crippen molar-refractivity contribution in [1.29, 1.82) is 0 Å². The third kappa shape index (κ3) is 4.67. The van der Waals surface area contributed by atoms with Gasteiger partial charge >= 0.3 is 0 Å². The van der Waals surface area contributed by atoms with E-state index in [-0.39, 0.29) is 11.8 Å². The molecule has 0 aliphatic carbocycles. The van der Waals surface area contributed by atoms with Crippen molar-refractivity contribution in [3.05, 3.63) is 29.8 Å². The van der Waals surface area contributed by atoms with Gasteiger partial charge in [-0.3, -0.25) is 4.79 Å². The summed E-state index contributed by atoms with van der Waals surface area (Å²) in [4.78, 5) is 14.1. The molecule has 0 spiro atoms. The number of hydrogen-bond donors (Lipinski definition) is 1. The molecule has 0 saturated carbocycles. The number of para-hydroxylation sites is 1. The Balaban J connectivity index is 2.69. The molecule has 3 heteroatoms. The molecule has 1 amide bonds. The molecule has 0 aliphatic rings. The highest BCUT2D eigenvalue weighted by Crippen LogP contribution is 2.21. The van der Waals surface area contributed by atoms with Crippen LogP contribution in [0.3, 0.4) is 0 Å². The lowest BCUT2D eigenvalue weighted by atomic mass is 9.93. The van der Waals surface area contributed by atoms with Crippen molar-refractivity contribution in [3.63, 3.8) is 0 Å². The second-order valence-electron chi connectivity index (χ2n) is 5.67. The van der Waals surface area contributed by atoms with E-state index in [0.717, 1.165) is 17.7 Å². The quantitative estimate of drug-likeness (QED) is 0.856. The minimum Gasteiger partial charge on any atom is -0.330 e. The molecule has 1 atom stereocenters. The molecule has 3 nitrogen and oxygen atoms in total. The molecule has 106 valence electrons. The zero-order valence-electron chi connectivity index (χ0n) is 12.5. The van der Waals surface area contributed by atoms with Gasteiger partial charge < -0.3 is 10.6 Å². The SMILES string of the molecule is Cc1ccccc1N(C)C(=O)C[C@@H](CN)CC(C)C. The average molecular weight is 262 g/mol. The summed E-state index contributed by atoms with van der Waals surface area (Å²) in [6, 6.07) is 7.94. The normalized spacial score (nSPS) is 12.5. The lowest BCUT2D eigenvalue weighted by Crippen LogP contribution is -2.31. The van der Waals surface area contributed by atoms with E-state index in [1.165, 1.54) is 0 Å². The van der Waals surface area contributed by atoms with Crippen molar-refractivity contribution in [2.45, 2.75) is 33.6 Å². The number of carbonyl (C=O) groups is 1. The van der Waals surface area contributed by atoms with Gasteiger partial charge in [-0.2, -0.15) is 0 Å². The van der Waals surface area contributed by atoms with Gasteiger partial charge in [0.05, 0.1) is 0 Å². The molecule has 0 aliphatic heterocycles. The monoisotopic (exact) mass is 262 g/mol. The Morgan fingerprint density at radius 3 is 2.47 bits per heavy atom. The van der Waals surface area contributed by atoms with Crippen LogP contribution in [0.5, 0.6) is 0 Å². The summed E-state index contributed by atoms with van der Waals surface area (Å²) in [5.74, 6) is 0.995. The van der Waals surface area contributed by atoms with Gasteiger partial charge in [-0.05, 0) is 43.4 Å². The van der Waals surface area contributed by atoms with Crippen LogP contribution in [0, 0.1) is 18.8 Å². The van der Waals surface area contributed by atoms with Crippen molar-refractivity contribution in [2.75, 3.05) is 18.5 Å².